The molecule has 100 valence electrons. The molecule has 0 bridgehead atoms. The number of anilines is 2. The van der Waals surface area contributed by atoms with Crippen molar-refractivity contribution in [2.75, 3.05) is 23.7 Å². The van der Waals surface area contributed by atoms with E-state index in [0.29, 0.717) is 5.41 Å². The number of nitrogen functional groups attached to an aromatic ring is 1. The Kier molecular flexibility index (Phi) is 2.66. The number of hydrogen-bond donors (Lipinski definition) is 1. The predicted molar refractivity (Wildman–Crippen MR) is 81.3 cm³/mol. The van der Waals surface area contributed by atoms with Gasteiger partial charge in [-0.15, -0.1) is 0 Å². The normalized spacial score (nSPS) is 16.7. The molecule has 3 nitrogen and oxygen atoms in total. The molecule has 1 aliphatic rings. The molecule has 0 aliphatic carbocycles. The van der Waals surface area contributed by atoms with Crippen LogP contribution in [0.15, 0.2) is 30.5 Å². The highest BCUT2D eigenvalue weighted by Crippen LogP contribution is 2.39. The third kappa shape index (κ3) is 2.03. The van der Waals surface area contributed by atoms with Gasteiger partial charge >= 0.3 is 0 Å². The smallest absolute Gasteiger partial charge is 0.0951 e. The molecule has 0 atom stereocenters. The first-order chi connectivity index (χ1) is 8.97. The number of rotatable bonds is 1. The van der Waals surface area contributed by atoms with Crippen molar-refractivity contribution in [2.24, 2.45) is 11.3 Å². The second kappa shape index (κ2) is 4.12. The van der Waals surface area contributed by atoms with E-state index >= 15 is 0 Å². The van der Waals surface area contributed by atoms with Gasteiger partial charge in [0.15, 0.2) is 0 Å². The first kappa shape index (κ1) is 12.3. The highest BCUT2D eigenvalue weighted by molar-refractivity contribution is 5.98. The summed E-state index contributed by atoms with van der Waals surface area (Å²) in [5.41, 5.74) is 9.32. The van der Waals surface area contributed by atoms with Crippen LogP contribution in [-0.2, 0) is 0 Å². The minimum absolute atomic E-state index is 0.387. The molecule has 1 aromatic heterocycles. The van der Waals surface area contributed by atoms with E-state index in [4.69, 9.17) is 5.73 Å². The molecule has 1 aromatic carbocycles. The van der Waals surface area contributed by atoms with Crippen LogP contribution in [0.1, 0.15) is 20.8 Å². The SMILES string of the molecule is CC(C)(C)C1CN(c2ccc(N)c3ncccc23)C1. The molecule has 2 aromatic rings. The molecular formula is C16H21N3. The average molecular weight is 255 g/mol. The lowest BCUT2D eigenvalue weighted by Crippen LogP contribution is -2.52. The second-order valence-corrected chi connectivity index (χ2v) is 6.54. The molecule has 0 radical (unpaired) electrons. The van der Waals surface area contributed by atoms with Gasteiger partial charge in [0.2, 0.25) is 0 Å². The number of aromatic nitrogens is 1. The highest BCUT2D eigenvalue weighted by Gasteiger charge is 2.36. The van der Waals surface area contributed by atoms with Crippen LogP contribution in [0.5, 0.6) is 0 Å². The van der Waals surface area contributed by atoms with Crippen LogP contribution in [0.3, 0.4) is 0 Å². The molecule has 1 aliphatic heterocycles. The van der Waals surface area contributed by atoms with Gasteiger partial charge in [-0.25, -0.2) is 0 Å². The second-order valence-electron chi connectivity index (χ2n) is 6.54. The number of pyridine rings is 1. The number of benzene rings is 1. The van der Waals surface area contributed by atoms with E-state index in [1.165, 1.54) is 5.69 Å². The summed E-state index contributed by atoms with van der Waals surface area (Å²) in [4.78, 5) is 6.83. The molecule has 0 spiro atoms. The van der Waals surface area contributed by atoms with Crippen LogP contribution in [0, 0.1) is 11.3 Å². The lowest BCUT2D eigenvalue weighted by Gasteiger charge is -2.48. The van der Waals surface area contributed by atoms with Gasteiger partial charge in [0.05, 0.1) is 11.2 Å². The van der Waals surface area contributed by atoms with Crippen molar-refractivity contribution in [1.82, 2.24) is 4.98 Å². The summed E-state index contributed by atoms with van der Waals surface area (Å²) in [5.74, 6) is 0.761. The van der Waals surface area contributed by atoms with Gasteiger partial charge < -0.3 is 10.6 Å². The van der Waals surface area contributed by atoms with Crippen LogP contribution in [0.25, 0.3) is 10.9 Å². The van der Waals surface area contributed by atoms with E-state index in [2.05, 4.69) is 42.8 Å². The summed E-state index contributed by atoms with van der Waals surface area (Å²) in [5, 5.41) is 1.16. The summed E-state index contributed by atoms with van der Waals surface area (Å²) in [6.07, 6.45) is 1.80. The Morgan fingerprint density at radius 3 is 2.63 bits per heavy atom. The zero-order valence-corrected chi connectivity index (χ0v) is 11.9. The van der Waals surface area contributed by atoms with E-state index in [-0.39, 0.29) is 0 Å². The van der Waals surface area contributed by atoms with Crippen molar-refractivity contribution >= 4 is 22.3 Å². The lowest BCUT2D eigenvalue weighted by atomic mass is 9.76. The van der Waals surface area contributed by atoms with Crippen molar-refractivity contribution in [3.8, 4) is 0 Å². The standard InChI is InChI=1S/C16H21N3/c1-16(2,3)11-9-19(10-11)14-7-6-13(17)15-12(14)5-4-8-18-15/h4-8,11H,9-10,17H2,1-3H3. The van der Waals surface area contributed by atoms with Gasteiger partial charge in [0, 0.05) is 30.4 Å². The maximum absolute atomic E-state index is 6.00. The van der Waals surface area contributed by atoms with Crippen molar-refractivity contribution in [2.45, 2.75) is 20.8 Å². The fourth-order valence-electron chi connectivity index (χ4n) is 2.68. The first-order valence-electron chi connectivity index (χ1n) is 6.85. The number of nitrogens with zero attached hydrogens (tertiary/aromatic N) is 2. The molecule has 19 heavy (non-hydrogen) atoms. The predicted octanol–water partition coefficient (Wildman–Crippen LogP) is 3.30. The Hall–Kier alpha value is -1.77. The van der Waals surface area contributed by atoms with Crippen LogP contribution >= 0.6 is 0 Å². The van der Waals surface area contributed by atoms with E-state index < -0.39 is 0 Å². The quantitative estimate of drug-likeness (QED) is 0.795. The zero-order valence-electron chi connectivity index (χ0n) is 11.9. The largest absolute Gasteiger partial charge is 0.397 e. The minimum Gasteiger partial charge on any atom is -0.397 e. The molecule has 0 unspecified atom stereocenters. The van der Waals surface area contributed by atoms with Gasteiger partial charge in [0.25, 0.3) is 0 Å². The Bertz CT molecular complexity index is 607. The third-order valence-corrected chi connectivity index (χ3v) is 4.22. The van der Waals surface area contributed by atoms with Crippen LogP contribution in [0.4, 0.5) is 11.4 Å². The number of nitrogens with two attached hydrogens (primary N) is 1. The van der Waals surface area contributed by atoms with Gasteiger partial charge in [-0.05, 0) is 35.6 Å². The van der Waals surface area contributed by atoms with E-state index in [9.17, 15) is 0 Å². The molecule has 2 heterocycles. The Balaban J connectivity index is 1.94. The minimum atomic E-state index is 0.387. The highest BCUT2D eigenvalue weighted by atomic mass is 15.2. The Morgan fingerprint density at radius 2 is 1.95 bits per heavy atom. The molecule has 3 rings (SSSR count). The number of hydrogen-bond acceptors (Lipinski definition) is 3. The molecule has 0 saturated carbocycles. The Morgan fingerprint density at radius 1 is 1.21 bits per heavy atom. The van der Waals surface area contributed by atoms with Crippen LogP contribution in [0.2, 0.25) is 0 Å². The van der Waals surface area contributed by atoms with Crippen LogP contribution in [-0.4, -0.2) is 18.1 Å². The fourth-order valence-corrected chi connectivity index (χ4v) is 2.68. The van der Waals surface area contributed by atoms with Crippen LogP contribution < -0.4 is 10.6 Å². The van der Waals surface area contributed by atoms with Gasteiger partial charge in [-0.1, -0.05) is 20.8 Å². The van der Waals surface area contributed by atoms with E-state index in [0.717, 1.165) is 35.6 Å². The zero-order chi connectivity index (χ0) is 13.6. The van der Waals surface area contributed by atoms with E-state index in [1.807, 2.05) is 12.1 Å². The molecule has 1 fully saturated rings. The molecule has 3 heteroatoms. The fraction of sp³-hybridized carbons (Fsp3) is 0.438. The maximum atomic E-state index is 6.00. The lowest BCUT2D eigenvalue weighted by molar-refractivity contribution is 0.196. The van der Waals surface area contributed by atoms with Crippen molar-refractivity contribution < 1.29 is 0 Å². The Labute approximate surface area is 114 Å². The van der Waals surface area contributed by atoms with Gasteiger partial charge in [-0.2, -0.15) is 0 Å². The van der Waals surface area contributed by atoms with Crippen molar-refractivity contribution in [1.29, 1.82) is 0 Å². The first-order valence-corrected chi connectivity index (χ1v) is 6.85. The van der Waals surface area contributed by atoms with Crippen molar-refractivity contribution in [3.05, 3.63) is 30.5 Å². The maximum Gasteiger partial charge on any atom is 0.0951 e. The third-order valence-electron chi connectivity index (χ3n) is 4.22. The van der Waals surface area contributed by atoms with Crippen molar-refractivity contribution in [3.63, 3.8) is 0 Å². The van der Waals surface area contributed by atoms with Gasteiger partial charge in [0.1, 0.15) is 0 Å². The molecular weight excluding hydrogens is 234 g/mol. The molecule has 1 saturated heterocycles. The monoisotopic (exact) mass is 255 g/mol. The summed E-state index contributed by atoms with van der Waals surface area (Å²) in [6, 6.07) is 8.18. The van der Waals surface area contributed by atoms with Gasteiger partial charge in [-0.3, -0.25) is 4.98 Å². The topological polar surface area (TPSA) is 42.1 Å². The molecule has 2 N–H and O–H groups in total. The summed E-state index contributed by atoms with van der Waals surface area (Å²) in [6.45, 7) is 9.20. The summed E-state index contributed by atoms with van der Waals surface area (Å²) >= 11 is 0. The summed E-state index contributed by atoms with van der Waals surface area (Å²) < 4.78 is 0. The summed E-state index contributed by atoms with van der Waals surface area (Å²) in [7, 11) is 0. The number of fused-ring (bicyclic) bond motifs is 1. The molecule has 0 amide bonds. The van der Waals surface area contributed by atoms with E-state index in [1.54, 1.807) is 6.20 Å². The average Bonchev–Trinajstić information content (AvgIpc) is 2.29.